The van der Waals surface area contributed by atoms with Crippen LogP contribution in [0.2, 0.25) is 0 Å². The molecule has 0 unspecified atom stereocenters. The molecule has 0 saturated heterocycles. The van der Waals surface area contributed by atoms with E-state index in [0.717, 1.165) is 12.8 Å². The van der Waals surface area contributed by atoms with Crippen LogP contribution in [0, 0.1) is 0 Å². The van der Waals surface area contributed by atoms with Crippen LogP contribution in [0.15, 0.2) is 0 Å². The molecule has 0 fully saturated rings. The van der Waals surface area contributed by atoms with Crippen LogP contribution in [0.1, 0.15) is 19.8 Å². The molecule has 5 heteroatoms. The lowest BCUT2D eigenvalue weighted by Gasteiger charge is -1.98. The quantitative estimate of drug-likeness (QED) is 0.708. The van der Waals surface area contributed by atoms with Gasteiger partial charge in [-0.3, -0.25) is 0 Å². The van der Waals surface area contributed by atoms with Gasteiger partial charge in [0.05, 0.1) is 11.5 Å². The second-order valence-corrected chi connectivity index (χ2v) is 4.60. The molecule has 0 saturated carbocycles. The summed E-state index contributed by atoms with van der Waals surface area (Å²) in [6.45, 7) is 2.21. The number of hydrogen-bond donors (Lipinski definition) is 1. The molecule has 0 atom stereocenters. The van der Waals surface area contributed by atoms with E-state index >= 15 is 0 Å². The Morgan fingerprint density at radius 3 is 2.18 bits per heavy atom. The third-order valence-electron chi connectivity index (χ3n) is 1.24. The zero-order valence-corrected chi connectivity index (χ0v) is 8.38. The molecule has 0 aromatic heterocycles. The average molecular weight is 202 g/mol. The molecule has 0 amide bonds. The van der Waals surface area contributed by atoms with Crippen LogP contribution in [0.25, 0.3) is 0 Å². The molecule has 0 aromatic rings. The van der Waals surface area contributed by atoms with Gasteiger partial charge in [-0.15, -0.1) is 12.4 Å². The Hall–Kier alpha value is 0.200. The molecule has 0 bridgehead atoms. The Morgan fingerprint density at radius 2 is 1.82 bits per heavy atom. The highest BCUT2D eigenvalue weighted by Gasteiger charge is 2.06. The van der Waals surface area contributed by atoms with Gasteiger partial charge < -0.3 is 5.73 Å². The number of halogens is 1. The predicted octanol–water partition coefficient (Wildman–Crippen LogP) is 0.582. The Kier molecular flexibility index (Phi) is 8.61. The summed E-state index contributed by atoms with van der Waals surface area (Å²) in [5.74, 6) is 0.424. The fourth-order valence-electron chi connectivity index (χ4n) is 0.646. The minimum atomic E-state index is -2.82. The third kappa shape index (κ3) is 8.10. The minimum absolute atomic E-state index is 0. The molecule has 0 radical (unpaired) electrons. The predicted molar refractivity (Wildman–Crippen MR) is 49.9 cm³/mol. The van der Waals surface area contributed by atoms with Crippen molar-refractivity contribution in [3.63, 3.8) is 0 Å². The first kappa shape index (κ1) is 13.8. The van der Waals surface area contributed by atoms with Crippen LogP contribution < -0.4 is 5.73 Å². The van der Waals surface area contributed by atoms with E-state index in [4.69, 9.17) is 5.73 Å². The van der Waals surface area contributed by atoms with Gasteiger partial charge in [-0.25, -0.2) is 8.42 Å². The summed E-state index contributed by atoms with van der Waals surface area (Å²) >= 11 is 0. The second-order valence-electron chi connectivity index (χ2n) is 2.29. The van der Waals surface area contributed by atoms with E-state index in [1.54, 1.807) is 0 Å². The molecular formula is C6H16ClNO2S. The van der Waals surface area contributed by atoms with Crippen molar-refractivity contribution in [1.82, 2.24) is 0 Å². The molecule has 70 valence electrons. The summed E-state index contributed by atoms with van der Waals surface area (Å²) in [5, 5.41) is 0. The molecule has 3 nitrogen and oxygen atoms in total. The topological polar surface area (TPSA) is 60.2 Å². The highest BCUT2D eigenvalue weighted by Crippen LogP contribution is 1.95. The van der Waals surface area contributed by atoms with Crippen molar-refractivity contribution in [1.29, 1.82) is 0 Å². The Balaban J connectivity index is 0. The lowest BCUT2D eigenvalue weighted by Crippen LogP contribution is -2.18. The zero-order valence-electron chi connectivity index (χ0n) is 6.75. The Bertz CT molecular complexity index is 167. The summed E-state index contributed by atoms with van der Waals surface area (Å²) in [6.07, 6.45) is 1.67. The molecule has 0 aliphatic rings. The van der Waals surface area contributed by atoms with Crippen molar-refractivity contribution in [2.75, 3.05) is 18.1 Å². The van der Waals surface area contributed by atoms with Crippen LogP contribution in [-0.2, 0) is 9.84 Å². The molecule has 0 heterocycles. The first-order valence-electron chi connectivity index (χ1n) is 3.53. The smallest absolute Gasteiger partial charge is 0.151 e. The number of nitrogens with two attached hydrogens (primary N) is 1. The Labute approximate surface area is 74.7 Å². The van der Waals surface area contributed by atoms with Crippen molar-refractivity contribution in [2.45, 2.75) is 19.8 Å². The van der Waals surface area contributed by atoms with Gasteiger partial charge in [-0.2, -0.15) is 0 Å². The number of sulfone groups is 1. The Morgan fingerprint density at radius 1 is 1.27 bits per heavy atom. The summed E-state index contributed by atoms with van der Waals surface area (Å²) in [7, 11) is -2.82. The van der Waals surface area contributed by atoms with Crippen molar-refractivity contribution < 1.29 is 8.42 Å². The molecule has 0 aliphatic carbocycles. The van der Waals surface area contributed by atoms with E-state index in [-0.39, 0.29) is 24.7 Å². The lowest BCUT2D eigenvalue weighted by molar-refractivity contribution is 0.592. The summed E-state index contributed by atoms with van der Waals surface area (Å²) in [4.78, 5) is 0. The zero-order chi connectivity index (χ0) is 8.04. The monoisotopic (exact) mass is 201 g/mol. The van der Waals surface area contributed by atoms with E-state index in [2.05, 4.69) is 0 Å². The maximum Gasteiger partial charge on any atom is 0.151 e. The maximum atomic E-state index is 10.9. The molecular weight excluding hydrogens is 186 g/mol. The van der Waals surface area contributed by atoms with E-state index in [1.165, 1.54) is 0 Å². The number of rotatable bonds is 5. The van der Waals surface area contributed by atoms with Gasteiger partial charge in [0, 0.05) is 6.54 Å². The largest absolute Gasteiger partial charge is 0.329 e. The van der Waals surface area contributed by atoms with Crippen LogP contribution in [-0.4, -0.2) is 26.5 Å². The van der Waals surface area contributed by atoms with Crippen molar-refractivity contribution in [3.05, 3.63) is 0 Å². The van der Waals surface area contributed by atoms with Crippen LogP contribution in [0.5, 0.6) is 0 Å². The fourth-order valence-corrected chi connectivity index (χ4v) is 1.94. The van der Waals surface area contributed by atoms with E-state index in [0.29, 0.717) is 5.75 Å². The molecule has 0 spiro atoms. The molecule has 0 aromatic carbocycles. The van der Waals surface area contributed by atoms with Gasteiger partial charge in [0.2, 0.25) is 0 Å². The van der Waals surface area contributed by atoms with Crippen molar-refractivity contribution in [2.24, 2.45) is 5.73 Å². The van der Waals surface area contributed by atoms with Gasteiger partial charge in [0.1, 0.15) is 0 Å². The third-order valence-corrected chi connectivity index (χ3v) is 3.01. The highest BCUT2D eigenvalue weighted by atomic mass is 35.5. The molecule has 2 N–H and O–H groups in total. The maximum absolute atomic E-state index is 10.9. The van der Waals surface area contributed by atoms with Crippen LogP contribution in [0.3, 0.4) is 0 Å². The minimum Gasteiger partial charge on any atom is -0.329 e. The van der Waals surface area contributed by atoms with Crippen LogP contribution >= 0.6 is 12.4 Å². The van der Waals surface area contributed by atoms with Gasteiger partial charge in [-0.1, -0.05) is 13.3 Å². The molecule has 11 heavy (non-hydrogen) atoms. The lowest BCUT2D eigenvalue weighted by atomic mass is 10.4. The van der Waals surface area contributed by atoms with E-state index in [1.807, 2.05) is 6.92 Å². The summed E-state index contributed by atoms with van der Waals surface area (Å²) < 4.78 is 21.8. The van der Waals surface area contributed by atoms with E-state index < -0.39 is 9.84 Å². The molecule has 0 aliphatic heterocycles. The first-order chi connectivity index (χ1) is 4.62. The van der Waals surface area contributed by atoms with Gasteiger partial charge in [-0.05, 0) is 6.42 Å². The van der Waals surface area contributed by atoms with Gasteiger partial charge in [0.15, 0.2) is 9.84 Å². The number of hydrogen-bond acceptors (Lipinski definition) is 3. The fraction of sp³-hybridized carbons (Fsp3) is 1.00. The average Bonchev–Trinajstić information content (AvgIpc) is 1.84. The van der Waals surface area contributed by atoms with Gasteiger partial charge >= 0.3 is 0 Å². The van der Waals surface area contributed by atoms with Gasteiger partial charge in [0.25, 0.3) is 0 Å². The van der Waals surface area contributed by atoms with Crippen molar-refractivity contribution >= 4 is 22.2 Å². The first-order valence-corrected chi connectivity index (χ1v) is 5.35. The summed E-state index contributed by atoms with van der Waals surface area (Å²) in [6, 6.07) is 0. The SMILES string of the molecule is CCCCS(=O)(=O)CCN.Cl. The number of unbranched alkanes of at least 4 members (excludes halogenated alkanes) is 1. The van der Waals surface area contributed by atoms with E-state index in [9.17, 15) is 8.42 Å². The van der Waals surface area contributed by atoms with Crippen molar-refractivity contribution in [3.8, 4) is 0 Å². The van der Waals surface area contributed by atoms with Crippen LogP contribution in [0.4, 0.5) is 0 Å². The highest BCUT2D eigenvalue weighted by molar-refractivity contribution is 7.91. The normalized spacial score (nSPS) is 10.7. The molecule has 0 rings (SSSR count). The summed E-state index contributed by atoms with van der Waals surface area (Å²) in [5.41, 5.74) is 5.11. The second kappa shape index (κ2) is 6.88. The standard InChI is InChI=1S/C6H15NO2S.ClH/c1-2-3-5-10(8,9)6-4-7;/h2-7H2,1H3;1H.